The highest BCUT2D eigenvalue weighted by molar-refractivity contribution is 5.56. The van der Waals surface area contributed by atoms with E-state index in [4.69, 9.17) is 0 Å². The summed E-state index contributed by atoms with van der Waals surface area (Å²) in [6.45, 7) is 4.75. The first kappa shape index (κ1) is 14.7. The van der Waals surface area contributed by atoms with Gasteiger partial charge in [-0.3, -0.25) is 4.90 Å². The zero-order valence-corrected chi connectivity index (χ0v) is 12.2. The fraction of sp³-hybridized carbons (Fsp3) is 0.625. The number of fused-ring (bicyclic) bond motifs is 1. The second-order valence-electron chi connectivity index (χ2n) is 6.02. The molecule has 21 heavy (non-hydrogen) atoms. The van der Waals surface area contributed by atoms with Crippen molar-refractivity contribution in [2.24, 2.45) is 0 Å². The van der Waals surface area contributed by atoms with Gasteiger partial charge in [0, 0.05) is 30.9 Å². The zero-order chi connectivity index (χ0) is 15.0. The lowest BCUT2D eigenvalue weighted by atomic mass is 10.0. The van der Waals surface area contributed by atoms with Crippen LogP contribution in [-0.4, -0.2) is 36.6 Å². The van der Waals surface area contributed by atoms with E-state index in [9.17, 15) is 13.2 Å². The molecule has 0 amide bonds. The predicted molar refractivity (Wildman–Crippen MR) is 77.5 cm³/mol. The van der Waals surface area contributed by atoms with Crippen molar-refractivity contribution in [3.05, 3.63) is 29.8 Å². The lowest BCUT2D eigenvalue weighted by Crippen LogP contribution is -2.56. The minimum absolute atomic E-state index is 0.169. The largest absolute Gasteiger partial charge is 0.418 e. The molecule has 0 aliphatic carbocycles. The van der Waals surface area contributed by atoms with E-state index in [1.165, 1.54) is 12.1 Å². The van der Waals surface area contributed by atoms with Gasteiger partial charge in [0.1, 0.15) is 0 Å². The van der Waals surface area contributed by atoms with E-state index < -0.39 is 11.7 Å². The van der Waals surface area contributed by atoms with Gasteiger partial charge in [-0.15, -0.1) is 0 Å². The van der Waals surface area contributed by atoms with Crippen molar-refractivity contribution in [2.45, 2.75) is 44.4 Å². The highest BCUT2D eigenvalue weighted by atomic mass is 19.4. The second-order valence-corrected chi connectivity index (χ2v) is 6.02. The number of hydrogen-bond donors (Lipinski definition) is 0. The number of alkyl halides is 3. The molecule has 1 aromatic carbocycles. The SMILES string of the molecule is CCC1CN2CCCC2CN1c1ccccc1C(F)(F)F. The van der Waals surface area contributed by atoms with Gasteiger partial charge in [0.25, 0.3) is 0 Å². The molecule has 0 radical (unpaired) electrons. The number of rotatable bonds is 2. The fourth-order valence-electron chi connectivity index (χ4n) is 3.70. The van der Waals surface area contributed by atoms with Crippen LogP contribution in [0.15, 0.2) is 24.3 Å². The average molecular weight is 298 g/mol. The highest BCUT2D eigenvalue weighted by Crippen LogP contribution is 2.39. The van der Waals surface area contributed by atoms with Gasteiger partial charge in [0.05, 0.1) is 5.56 Å². The van der Waals surface area contributed by atoms with E-state index in [2.05, 4.69) is 11.8 Å². The van der Waals surface area contributed by atoms with E-state index in [0.29, 0.717) is 18.3 Å². The number of halogens is 3. The van der Waals surface area contributed by atoms with E-state index in [1.807, 2.05) is 4.90 Å². The number of para-hydroxylation sites is 1. The molecule has 2 fully saturated rings. The first-order valence-corrected chi connectivity index (χ1v) is 7.67. The summed E-state index contributed by atoms with van der Waals surface area (Å²) in [6, 6.07) is 6.58. The smallest absolute Gasteiger partial charge is 0.365 e. The topological polar surface area (TPSA) is 6.48 Å². The Morgan fingerprint density at radius 1 is 1.19 bits per heavy atom. The maximum Gasteiger partial charge on any atom is 0.418 e. The van der Waals surface area contributed by atoms with Gasteiger partial charge in [-0.25, -0.2) is 0 Å². The van der Waals surface area contributed by atoms with Crippen molar-refractivity contribution in [2.75, 3.05) is 24.5 Å². The van der Waals surface area contributed by atoms with Gasteiger partial charge in [0.15, 0.2) is 0 Å². The average Bonchev–Trinajstić information content (AvgIpc) is 2.92. The van der Waals surface area contributed by atoms with Crippen molar-refractivity contribution in [3.8, 4) is 0 Å². The summed E-state index contributed by atoms with van der Waals surface area (Å²) in [5.74, 6) is 0. The Hall–Kier alpha value is -1.23. The molecule has 116 valence electrons. The maximum atomic E-state index is 13.3. The van der Waals surface area contributed by atoms with Crippen LogP contribution in [0.3, 0.4) is 0 Å². The van der Waals surface area contributed by atoms with Gasteiger partial charge in [-0.05, 0) is 37.9 Å². The van der Waals surface area contributed by atoms with E-state index in [0.717, 1.165) is 32.4 Å². The summed E-state index contributed by atoms with van der Waals surface area (Å²) in [7, 11) is 0. The van der Waals surface area contributed by atoms with Gasteiger partial charge in [-0.2, -0.15) is 13.2 Å². The molecule has 2 heterocycles. The Bertz CT molecular complexity index is 501. The molecular formula is C16H21F3N2. The third-order valence-corrected chi connectivity index (χ3v) is 4.78. The van der Waals surface area contributed by atoms with Crippen LogP contribution in [0.2, 0.25) is 0 Å². The molecule has 2 nitrogen and oxygen atoms in total. The molecule has 2 aliphatic rings. The third kappa shape index (κ3) is 2.76. The normalized spacial score (nSPS) is 27.0. The number of anilines is 1. The van der Waals surface area contributed by atoms with Crippen LogP contribution in [0.1, 0.15) is 31.7 Å². The summed E-state index contributed by atoms with van der Waals surface area (Å²) in [5.41, 5.74) is -0.154. The molecule has 2 atom stereocenters. The molecule has 0 spiro atoms. The van der Waals surface area contributed by atoms with Gasteiger partial charge >= 0.3 is 6.18 Å². The van der Waals surface area contributed by atoms with Crippen LogP contribution in [0, 0.1) is 0 Å². The minimum atomic E-state index is -4.29. The second kappa shape index (κ2) is 5.52. The van der Waals surface area contributed by atoms with Crippen LogP contribution < -0.4 is 4.90 Å². The van der Waals surface area contributed by atoms with Crippen molar-refractivity contribution < 1.29 is 13.2 Å². The van der Waals surface area contributed by atoms with E-state index in [-0.39, 0.29) is 6.04 Å². The summed E-state index contributed by atoms with van der Waals surface area (Å²) in [5, 5.41) is 0. The molecule has 0 saturated carbocycles. The molecule has 5 heteroatoms. The Balaban J connectivity index is 1.94. The van der Waals surface area contributed by atoms with Gasteiger partial charge in [-0.1, -0.05) is 19.1 Å². The van der Waals surface area contributed by atoms with Crippen LogP contribution in [0.5, 0.6) is 0 Å². The fourth-order valence-corrected chi connectivity index (χ4v) is 3.70. The monoisotopic (exact) mass is 298 g/mol. The molecule has 2 aliphatic heterocycles. The van der Waals surface area contributed by atoms with E-state index in [1.54, 1.807) is 12.1 Å². The molecule has 1 aromatic rings. The van der Waals surface area contributed by atoms with Gasteiger partial charge < -0.3 is 4.90 Å². The number of piperazine rings is 1. The number of hydrogen-bond acceptors (Lipinski definition) is 2. The first-order chi connectivity index (χ1) is 10.0. The maximum absolute atomic E-state index is 13.3. The summed E-state index contributed by atoms with van der Waals surface area (Å²) in [4.78, 5) is 4.44. The molecule has 2 unspecified atom stereocenters. The standard InChI is InChI=1S/C16H21F3N2/c1-2-12-10-20-9-5-6-13(20)11-21(12)15-8-4-3-7-14(15)16(17,18)19/h3-4,7-8,12-13H,2,5-6,9-11H2,1H3. The van der Waals surface area contributed by atoms with Crippen molar-refractivity contribution in [3.63, 3.8) is 0 Å². The number of nitrogens with zero attached hydrogens (tertiary/aromatic N) is 2. The predicted octanol–water partition coefficient (Wildman–Crippen LogP) is 3.77. The first-order valence-electron chi connectivity index (χ1n) is 7.67. The molecular weight excluding hydrogens is 277 g/mol. The van der Waals surface area contributed by atoms with Crippen LogP contribution >= 0.6 is 0 Å². The molecule has 2 saturated heterocycles. The molecule has 0 bridgehead atoms. The highest BCUT2D eigenvalue weighted by Gasteiger charge is 2.40. The quantitative estimate of drug-likeness (QED) is 0.820. The van der Waals surface area contributed by atoms with Gasteiger partial charge in [0.2, 0.25) is 0 Å². The Labute approximate surface area is 123 Å². The zero-order valence-electron chi connectivity index (χ0n) is 12.2. The Kier molecular flexibility index (Phi) is 3.86. The van der Waals surface area contributed by atoms with E-state index >= 15 is 0 Å². The van der Waals surface area contributed by atoms with Crippen molar-refractivity contribution in [1.82, 2.24) is 4.90 Å². The van der Waals surface area contributed by atoms with Crippen LogP contribution in [0.4, 0.5) is 18.9 Å². The van der Waals surface area contributed by atoms with Crippen LogP contribution in [0.25, 0.3) is 0 Å². The third-order valence-electron chi connectivity index (χ3n) is 4.78. The van der Waals surface area contributed by atoms with Crippen LogP contribution in [-0.2, 0) is 6.18 Å². The minimum Gasteiger partial charge on any atom is -0.365 e. The lowest BCUT2D eigenvalue weighted by Gasteiger charge is -2.45. The molecule has 0 N–H and O–H groups in total. The number of benzene rings is 1. The van der Waals surface area contributed by atoms with Crippen molar-refractivity contribution in [1.29, 1.82) is 0 Å². The summed E-state index contributed by atoms with van der Waals surface area (Å²) >= 11 is 0. The Morgan fingerprint density at radius 2 is 1.95 bits per heavy atom. The molecule has 0 aromatic heterocycles. The summed E-state index contributed by atoms with van der Waals surface area (Å²) < 4.78 is 39.8. The Morgan fingerprint density at radius 3 is 2.67 bits per heavy atom. The summed E-state index contributed by atoms with van der Waals surface area (Å²) in [6.07, 6.45) is -1.16. The molecule has 3 rings (SSSR count). The van der Waals surface area contributed by atoms with Crippen molar-refractivity contribution >= 4 is 5.69 Å². The lowest BCUT2D eigenvalue weighted by molar-refractivity contribution is -0.137.